The minimum atomic E-state index is -0.418. The normalized spacial score (nSPS) is 23.7. The van der Waals surface area contributed by atoms with E-state index in [0.717, 1.165) is 38.0 Å². The second-order valence-electron chi connectivity index (χ2n) is 7.99. The molecule has 5 rings (SSSR count). The Balaban J connectivity index is 1.15. The Morgan fingerprint density at radius 2 is 2.07 bits per heavy atom. The van der Waals surface area contributed by atoms with Gasteiger partial charge in [0.2, 0.25) is 0 Å². The third-order valence-electron chi connectivity index (χ3n) is 6.01. The van der Waals surface area contributed by atoms with Crippen molar-refractivity contribution in [2.24, 2.45) is 5.92 Å². The molecule has 0 atom stereocenters. The average molecular weight is 410 g/mol. The maximum absolute atomic E-state index is 13.9. The van der Waals surface area contributed by atoms with E-state index in [2.05, 4.69) is 20.6 Å². The first-order valence-corrected chi connectivity index (χ1v) is 10.2. The van der Waals surface area contributed by atoms with Gasteiger partial charge >= 0.3 is 6.09 Å². The topological polar surface area (TPSA) is 88.1 Å². The van der Waals surface area contributed by atoms with E-state index < -0.39 is 5.60 Å². The van der Waals surface area contributed by atoms with Gasteiger partial charge in [-0.05, 0) is 43.7 Å². The number of hydrogen-bond acceptors (Lipinski definition) is 5. The number of nitrogens with zero attached hydrogens (tertiary/aromatic N) is 4. The number of anilines is 2. The summed E-state index contributed by atoms with van der Waals surface area (Å²) in [5.41, 5.74) is 0.00791. The molecule has 8 nitrogen and oxygen atoms in total. The maximum Gasteiger partial charge on any atom is 0.416 e. The monoisotopic (exact) mass is 410 g/mol. The van der Waals surface area contributed by atoms with E-state index in [0.29, 0.717) is 24.0 Å². The van der Waals surface area contributed by atoms with Gasteiger partial charge in [0.25, 0.3) is 0 Å². The van der Waals surface area contributed by atoms with Crippen LogP contribution < -0.4 is 10.2 Å². The van der Waals surface area contributed by atoms with Crippen molar-refractivity contribution in [2.45, 2.75) is 31.3 Å². The Morgan fingerprint density at radius 1 is 1.23 bits per heavy atom. The first-order valence-electron chi connectivity index (χ1n) is 10.2. The third-order valence-corrected chi connectivity index (χ3v) is 6.01. The zero-order valence-electron chi connectivity index (χ0n) is 16.4. The van der Waals surface area contributed by atoms with Crippen LogP contribution in [0.3, 0.4) is 0 Å². The minimum absolute atomic E-state index is 0.306. The van der Waals surface area contributed by atoms with Gasteiger partial charge in [0.1, 0.15) is 22.9 Å². The second kappa shape index (κ2) is 7.47. The van der Waals surface area contributed by atoms with Crippen LogP contribution >= 0.6 is 0 Å². The molecular formula is C21H23FN6O2. The van der Waals surface area contributed by atoms with E-state index in [-0.39, 0.29) is 11.9 Å². The van der Waals surface area contributed by atoms with Gasteiger partial charge in [-0.25, -0.2) is 13.9 Å². The zero-order valence-corrected chi connectivity index (χ0v) is 16.4. The van der Waals surface area contributed by atoms with E-state index in [4.69, 9.17) is 4.74 Å². The van der Waals surface area contributed by atoms with Gasteiger partial charge in [0.05, 0.1) is 6.54 Å². The Labute approximate surface area is 173 Å². The molecular weight excluding hydrogens is 387 g/mol. The lowest BCUT2D eigenvalue weighted by atomic mass is 9.78. The van der Waals surface area contributed by atoms with Crippen LogP contribution in [0.1, 0.15) is 25.7 Å². The van der Waals surface area contributed by atoms with Crippen LogP contribution in [-0.2, 0) is 4.74 Å². The minimum Gasteiger partial charge on any atom is -0.441 e. The smallest absolute Gasteiger partial charge is 0.416 e. The van der Waals surface area contributed by atoms with E-state index in [1.807, 2.05) is 6.07 Å². The highest BCUT2D eigenvalue weighted by atomic mass is 19.1. The zero-order chi connectivity index (χ0) is 20.6. The number of para-hydroxylation sites is 1. The Bertz CT molecular complexity index is 1030. The summed E-state index contributed by atoms with van der Waals surface area (Å²) in [4.78, 5) is 13.9. The molecule has 1 saturated heterocycles. The molecule has 1 aromatic carbocycles. The largest absolute Gasteiger partial charge is 0.441 e. The molecule has 0 radical (unpaired) electrons. The van der Waals surface area contributed by atoms with Gasteiger partial charge in [-0.15, -0.1) is 0 Å². The van der Waals surface area contributed by atoms with Crippen molar-refractivity contribution in [1.29, 1.82) is 0 Å². The Morgan fingerprint density at radius 3 is 2.83 bits per heavy atom. The van der Waals surface area contributed by atoms with Crippen LogP contribution in [0.2, 0.25) is 0 Å². The number of ether oxygens (including phenoxy) is 1. The van der Waals surface area contributed by atoms with Gasteiger partial charge in [0.15, 0.2) is 5.82 Å². The molecule has 0 unspecified atom stereocenters. The lowest BCUT2D eigenvalue weighted by molar-refractivity contribution is 0.0148. The molecule has 156 valence electrons. The molecule has 1 spiro atoms. The van der Waals surface area contributed by atoms with Crippen molar-refractivity contribution in [3.8, 4) is 5.69 Å². The second-order valence-corrected chi connectivity index (χ2v) is 7.99. The quantitative estimate of drug-likeness (QED) is 0.669. The van der Waals surface area contributed by atoms with Crippen molar-refractivity contribution in [1.82, 2.24) is 20.0 Å². The SMILES string of the molecule is O=C1O[C@]2(CC[C@H](CNc3ccn(-c4ccccc4F)n3)CC2)CN1c1cc[nH]n1. The van der Waals surface area contributed by atoms with Gasteiger partial charge in [-0.2, -0.15) is 10.2 Å². The number of nitrogens with one attached hydrogen (secondary N) is 2. The predicted octanol–water partition coefficient (Wildman–Crippen LogP) is 3.73. The van der Waals surface area contributed by atoms with Crippen LogP contribution in [-0.4, -0.2) is 44.8 Å². The number of carbonyl (C=O) groups excluding carboxylic acids is 1. The van der Waals surface area contributed by atoms with Crippen molar-refractivity contribution in [2.75, 3.05) is 23.3 Å². The fourth-order valence-electron chi connectivity index (χ4n) is 4.31. The standard InChI is InChI=1S/C21H23FN6O2/c22-16-3-1-2-4-17(16)28-12-8-18(26-28)23-13-15-5-9-21(10-6-15)14-27(20(29)30-21)19-7-11-24-25-19/h1-4,7-8,11-12,15H,5-6,9-10,13-14H2,(H,23,26)(H,24,25)/t15-,21-. The number of halogens is 1. The Kier molecular flexibility index (Phi) is 4.65. The molecule has 9 heteroatoms. The van der Waals surface area contributed by atoms with Crippen LogP contribution in [0.4, 0.5) is 20.8 Å². The number of H-pyrrole nitrogens is 1. The van der Waals surface area contributed by atoms with Crippen molar-refractivity contribution in [3.63, 3.8) is 0 Å². The average Bonchev–Trinajstić information content (AvgIpc) is 3.49. The molecule has 2 N–H and O–H groups in total. The van der Waals surface area contributed by atoms with Crippen molar-refractivity contribution in [3.05, 3.63) is 54.6 Å². The summed E-state index contributed by atoms with van der Waals surface area (Å²) in [7, 11) is 0. The Hall–Kier alpha value is -3.36. The molecule has 30 heavy (non-hydrogen) atoms. The molecule has 1 aliphatic heterocycles. The number of benzene rings is 1. The lowest BCUT2D eigenvalue weighted by Gasteiger charge is -2.35. The molecule has 2 aliphatic rings. The summed E-state index contributed by atoms with van der Waals surface area (Å²) in [5, 5.41) is 14.6. The first-order chi connectivity index (χ1) is 14.6. The van der Waals surface area contributed by atoms with Gasteiger partial charge in [0, 0.05) is 31.1 Å². The van der Waals surface area contributed by atoms with E-state index in [1.54, 1.807) is 41.6 Å². The number of hydrogen-bond donors (Lipinski definition) is 2. The number of aromatic amines is 1. The molecule has 1 amide bonds. The number of amides is 1. The molecule has 3 heterocycles. The predicted molar refractivity (Wildman–Crippen MR) is 109 cm³/mol. The van der Waals surface area contributed by atoms with Crippen LogP contribution in [0.15, 0.2) is 48.8 Å². The number of rotatable bonds is 5. The third kappa shape index (κ3) is 3.51. The maximum atomic E-state index is 13.9. The number of aromatic nitrogens is 4. The van der Waals surface area contributed by atoms with Gasteiger partial charge in [-0.3, -0.25) is 10.00 Å². The lowest BCUT2D eigenvalue weighted by Crippen LogP contribution is -2.39. The molecule has 2 aromatic heterocycles. The summed E-state index contributed by atoms with van der Waals surface area (Å²) in [6.45, 7) is 1.32. The summed E-state index contributed by atoms with van der Waals surface area (Å²) < 4.78 is 21.2. The summed E-state index contributed by atoms with van der Waals surface area (Å²) in [6.07, 6.45) is 6.70. The molecule has 1 saturated carbocycles. The fraction of sp³-hybridized carbons (Fsp3) is 0.381. The van der Waals surface area contributed by atoms with Crippen molar-refractivity contribution >= 4 is 17.7 Å². The van der Waals surface area contributed by atoms with Crippen LogP contribution in [0, 0.1) is 11.7 Å². The molecule has 3 aromatic rings. The van der Waals surface area contributed by atoms with E-state index in [9.17, 15) is 9.18 Å². The van der Waals surface area contributed by atoms with Gasteiger partial charge in [-0.1, -0.05) is 12.1 Å². The fourth-order valence-corrected chi connectivity index (χ4v) is 4.31. The first kappa shape index (κ1) is 18.7. The molecule has 0 bridgehead atoms. The van der Waals surface area contributed by atoms with Gasteiger partial charge < -0.3 is 10.1 Å². The molecule has 1 aliphatic carbocycles. The van der Waals surface area contributed by atoms with Crippen molar-refractivity contribution < 1.29 is 13.9 Å². The van der Waals surface area contributed by atoms with E-state index in [1.165, 1.54) is 10.7 Å². The van der Waals surface area contributed by atoms with E-state index >= 15 is 0 Å². The summed E-state index contributed by atoms with van der Waals surface area (Å²) in [5.74, 6) is 1.48. The van der Waals surface area contributed by atoms with Crippen LogP contribution in [0.5, 0.6) is 0 Å². The highest BCUT2D eigenvalue weighted by molar-refractivity contribution is 5.89. The summed E-state index contributed by atoms with van der Waals surface area (Å²) >= 11 is 0. The van der Waals surface area contributed by atoms with Crippen LogP contribution in [0.25, 0.3) is 5.69 Å². The molecule has 2 fully saturated rings. The highest BCUT2D eigenvalue weighted by Gasteiger charge is 2.48. The summed E-state index contributed by atoms with van der Waals surface area (Å²) in [6, 6.07) is 10.2. The number of carbonyl (C=O) groups is 1. The highest BCUT2D eigenvalue weighted by Crippen LogP contribution is 2.40.